The highest BCUT2D eigenvalue weighted by Gasteiger charge is 2.25. The summed E-state index contributed by atoms with van der Waals surface area (Å²) in [7, 11) is 0. The molecule has 60 valence electrons. The smallest absolute Gasteiger partial charge is 0.255 e. The van der Waals surface area contributed by atoms with Gasteiger partial charge in [0.05, 0.1) is 12.6 Å². The molecule has 0 radical (unpaired) electrons. The van der Waals surface area contributed by atoms with Gasteiger partial charge in [0.1, 0.15) is 6.23 Å². The molecular formula is C5H10F2N2O. The Morgan fingerprint density at radius 2 is 2.30 bits per heavy atom. The second kappa shape index (κ2) is 3.23. The number of hydrogen-bond acceptors (Lipinski definition) is 3. The number of rotatable bonds is 1. The summed E-state index contributed by atoms with van der Waals surface area (Å²) in [5.41, 5.74) is 5.27. The zero-order valence-corrected chi connectivity index (χ0v) is 5.39. The maximum atomic E-state index is 11.9. The molecule has 1 saturated heterocycles. The van der Waals surface area contributed by atoms with E-state index in [1.54, 1.807) is 0 Å². The van der Waals surface area contributed by atoms with Crippen molar-refractivity contribution < 1.29 is 13.5 Å². The first-order valence-electron chi connectivity index (χ1n) is 3.09. The third-order valence-electron chi connectivity index (χ3n) is 1.38. The van der Waals surface area contributed by atoms with E-state index in [1.807, 2.05) is 0 Å². The minimum atomic E-state index is -2.37. The lowest BCUT2D eigenvalue weighted by Gasteiger charge is -2.27. The largest absolute Gasteiger partial charge is 0.360 e. The molecule has 0 aromatic carbocycles. The van der Waals surface area contributed by atoms with Gasteiger partial charge in [-0.15, -0.1) is 0 Å². The standard InChI is InChI=1S/C5H10F2N2O/c6-5(7)3-2-10-4(8)1-9-3/h3-5,9H,1-2,8H2. The molecule has 2 unspecified atom stereocenters. The minimum Gasteiger partial charge on any atom is -0.360 e. The van der Waals surface area contributed by atoms with E-state index in [0.717, 1.165) is 0 Å². The molecule has 1 aliphatic heterocycles. The molecule has 0 aliphatic carbocycles. The Morgan fingerprint density at radius 1 is 1.60 bits per heavy atom. The Bertz CT molecular complexity index is 104. The average Bonchev–Trinajstić information content (AvgIpc) is 1.88. The van der Waals surface area contributed by atoms with Crippen LogP contribution in [0.1, 0.15) is 0 Å². The van der Waals surface area contributed by atoms with E-state index < -0.39 is 18.7 Å². The predicted octanol–water partition coefficient (Wildman–Crippen LogP) is -0.475. The van der Waals surface area contributed by atoms with Crippen LogP contribution >= 0.6 is 0 Å². The minimum absolute atomic E-state index is 0.00116. The fourth-order valence-corrected chi connectivity index (χ4v) is 0.774. The monoisotopic (exact) mass is 152 g/mol. The van der Waals surface area contributed by atoms with Gasteiger partial charge in [0.2, 0.25) is 0 Å². The molecule has 2 atom stereocenters. The summed E-state index contributed by atoms with van der Waals surface area (Å²) in [4.78, 5) is 0. The lowest BCUT2D eigenvalue weighted by molar-refractivity contribution is -0.0372. The molecular weight excluding hydrogens is 142 g/mol. The highest BCUT2D eigenvalue weighted by molar-refractivity contribution is 4.74. The summed E-state index contributed by atoms with van der Waals surface area (Å²) < 4.78 is 28.5. The lowest BCUT2D eigenvalue weighted by atomic mass is 10.3. The van der Waals surface area contributed by atoms with Crippen LogP contribution in [-0.2, 0) is 4.74 Å². The second-order valence-corrected chi connectivity index (χ2v) is 2.22. The Morgan fingerprint density at radius 3 is 2.70 bits per heavy atom. The van der Waals surface area contributed by atoms with Crippen molar-refractivity contribution in [3.8, 4) is 0 Å². The zero-order chi connectivity index (χ0) is 7.56. The van der Waals surface area contributed by atoms with E-state index in [9.17, 15) is 8.78 Å². The number of hydrogen-bond donors (Lipinski definition) is 2. The molecule has 1 aliphatic rings. The highest BCUT2D eigenvalue weighted by Crippen LogP contribution is 2.05. The number of morpholine rings is 1. The van der Waals surface area contributed by atoms with Crippen LogP contribution in [0, 0.1) is 0 Å². The van der Waals surface area contributed by atoms with Crippen molar-refractivity contribution in [3.63, 3.8) is 0 Å². The van der Waals surface area contributed by atoms with Gasteiger partial charge in [-0.2, -0.15) is 0 Å². The van der Waals surface area contributed by atoms with E-state index in [4.69, 9.17) is 10.5 Å². The molecule has 1 heterocycles. The molecule has 1 fully saturated rings. The van der Waals surface area contributed by atoms with Gasteiger partial charge >= 0.3 is 0 Å². The second-order valence-electron chi connectivity index (χ2n) is 2.22. The number of halogens is 2. The van der Waals surface area contributed by atoms with Crippen LogP contribution in [0.5, 0.6) is 0 Å². The van der Waals surface area contributed by atoms with Crippen LogP contribution in [0.25, 0.3) is 0 Å². The first-order valence-corrected chi connectivity index (χ1v) is 3.09. The first kappa shape index (κ1) is 7.84. The van der Waals surface area contributed by atoms with Crippen LogP contribution in [-0.4, -0.2) is 31.8 Å². The maximum Gasteiger partial charge on any atom is 0.255 e. The van der Waals surface area contributed by atoms with Crippen molar-refractivity contribution in [3.05, 3.63) is 0 Å². The molecule has 0 bridgehead atoms. The normalized spacial score (nSPS) is 34.8. The quantitative estimate of drug-likeness (QED) is 0.533. The van der Waals surface area contributed by atoms with Gasteiger partial charge in [0, 0.05) is 6.54 Å². The molecule has 0 amide bonds. The van der Waals surface area contributed by atoms with Crippen LogP contribution in [0.4, 0.5) is 8.78 Å². The van der Waals surface area contributed by atoms with Crippen LogP contribution in [0.15, 0.2) is 0 Å². The Kier molecular flexibility index (Phi) is 2.53. The topological polar surface area (TPSA) is 47.3 Å². The molecule has 10 heavy (non-hydrogen) atoms. The first-order chi connectivity index (χ1) is 4.70. The van der Waals surface area contributed by atoms with Crippen molar-refractivity contribution in [1.82, 2.24) is 5.32 Å². The van der Waals surface area contributed by atoms with E-state index in [1.165, 1.54) is 0 Å². The summed E-state index contributed by atoms with van der Waals surface area (Å²) in [6, 6.07) is -0.847. The van der Waals surface area contributed by atoms with Crippen molar-refractivity contribution >= 4 is 0 Å². The molecule has 5 heteroatoms. The Labute approximate surface area is 57.5 Å². The molecule has 1 rings (SSSR count). The summed E-state index contributed by atoms with van der Waals surface area (Å²) in [6.07, 6.45) is -2.80. The van der Waals surface area contributed by atoms with Crippen molar-refractivity contribution in [2.75, 3.05) is 13.2 Å². The van der Waals surface area contributed by atoms with Crippen molar-refractivity contribution in [1.29, 1.82) is 0 Å². The summed E-state index contributed by atoms with van der Waals surface area (Å²) in [5, 5.41) is 2.57. The summed E-state index contributed by atoms with van der Waals surface area (Å²) in [6.45, 7) is 0.299. The van der Waals surface area contributed by atoms with E-state index in [0.29, 0.717) is 6.54 Å². The van der Waals surface area contributed by atoms with Crippen LogP contribution < -0.4 is 11.1 Å². The Balaban J connectivity index is 2.26. The highest BCUT2D eigenvalue weighted by atomic mass is 19.3. The van der Waals surface area contributed by atoms with Crippen molar-refractivity contribution in [2.45, 2.75) is 18.7 Å². The molecule has 0 spiro atoms. The molecule has 3 nitrogen and oxygen atoms in total. The fraction of sp³-hybridized carbons (Fsp3) is 1.00. The van der Waals surface area contributed by atoms with Gasteiger partial charge in [0.15, 0.2) is 0 Å². The van der Waals surface area contributed by atoms with E-state index in [-0.39, 0.29) is 6.61 Å². The van der Waals surface area contributed by atoms with Gasteiger partial charge in [-0.25, -0.2) is 8.78 Å². The van der Waals surface area contributed by atoms with Gasteiger partial charge < -0.3 is 15.8 Å². The Hall–Kier alpha value is -0.260. The van der Waals surface area contributed by atoms with Gasteiger partial charge in [-0.3, -0.25) is 0 Å². The molecule has 0 saturated carbocycles. The van der Waals surface area contributed by atoms with Gasteiger partial charge in [-0.05, 0) is 0 Å². The number of nitrogens with one attached hydrogen (secondary N) is 1. The zero-order valence-electron chi connectivity index (χ0n) is 5.39. The third kappa shape index (κ3) is 1.86. The summed E-state index contributed by atoms with van der Waals surface area (Å²) >= 11 is 0. The SMILES string of the molecule is NC1CNC(C(F)F)CO1. The van der Waals surface area contributed by atoms with Crippen molar-refractivity contribution in [2.24, 2.45) is 5.73 Å². The maximum absolute atomic E-state index is 11.9. The number of ether oxygens (including phenoxy) is 1. The third-order valence-corrected chi connectivity index (χ3v) is 1.38. The van der Waals surface area contributed by atoms with Gasteiger partial charge in [-0.1, -0.05) is 0 Å². The van der Waals surface area contributed by atoms with Gasteiger partial charge in [0.25, 0.3) is 6.43 Å². The predicted molar refractivity (Wildman–Crippen MR) is 31.7 cm³/mol. The lowest BCUT2D eigenvalue weighted by Crippen LogP contribution is -2.52. The van der Waals surface area contributed by atoms with Crippen LogP contribution in [0.2, 0.25) is 0 Å². The molecule has 0 aromatic heterocycles. The number of alkyl halides is 2. The van der Waals surface area contributed by atoms with E-state index in [2.05, 4.69) is 5.32 Å². The summed E-state index contributed by atoms with van der Waals surface area (Å²) in [5.74, 6) is 0. The van der Waals surface area contributed by atoms with Crippen LogP contribution in [0.3, 0.4) is 0 Å². The fourth-order valence-electron chi connectivity index (χ4n) is 0.774. The number of nitrogens with two attached hydrogens (primary N) is 1. The molecule has 3 N–H and O–H groups in total. The van der Waals surface area contributed by atoms with E-state index >= 15 is 0 Å². The molecule has 0 aromatic rings. The average molecular weight is 152 g/mol.